The van der Waals surface area contributed by atoms with Crippen LogP contribution in [-0.4, -0.2) is 58.0 Å². The van der Waals surface area contributed by atoms with Crippen molar-refractivity contribution >= 4 is 25.9 Å². The second-order valence-electron chi connectivity index (χ2n) is 12.0. The maximum Gasteiger partial charge on any atom is 0.310 e. The quantitative estimate of drug-likeness (QED) is 0.144. The summed E-state index contributed by atoms with van der Waals surface area (Å²) < 4.78 is 23.1. The highest BCUT2D eigenvalue weighted by atomic mass is 28.4. The molecule has 2 aromatic carbocycles. The monoisotopic (exact) mass is 580 g/mol. The highest BCUT2D eigenvalue weighted by molar-refractivity contribution is 6.74. The van der Waals surface area contributed by atoms with Gasteiger partial charge in [-0.25, -0.2) is 0 Å². The number of methoxy groups -OCH3 is 1. The molecule has 0 radical (unpaired) electrons. The van der Waals surface area contributed by atoms with E-state index in [2.05, 4.69) is 47.0 Å². The van der Waals surface area contributed by atoms with Crippen molar-refractivity contribution in [3.63, 3.8) is 0 Å². The van der Waals surface area contributed by atoms with Gasteiger partial charge in [-0.1, -0.05) is 69.8 Å². The van der Waals surface area contributed by atoms with Gasteiger partial charge in [0.25, 0.3) is 5.91 Å². The van der Waals surface area contributed by atoms with Crippen molar-refractivity contribution in [3.05, 3.63) is 77.9 Å². The van der Waals surface area contributed by atoms with Gasteiger partial charge in [0.05, 0.1) is 31.7 Å². The van der Waals surface area contributed by atoms with Gasteiger partial charge in [-0.15, -0.1) is 0 Å². The van der Waals surface area contributed by atoms with E-state index in [4.69, 9.17) is 24.4 Å². The zero-order valence-corrected chi connectivity index (χ0v) is 26.2. The van der Waals surface area contributed by atoms with Crippen LogP contribution >= 0.6 is 0 Å². The second-order valence-corrected chi connectivity index (χ2v) is 16.8. The van der Waals surface area contributed by atoms with Crippen LogP contribution in [-0.2, 0) is 27.0 Å². The van der Waals surface area contributed by atoms with Crippen molar-refractivity contribution in [1.29, 1.82) is 0 Å². The number of rotatable bonds is 12. The summed E-state index contributed by atoms with van der Waals surface area (Å²) in [5, 5.41) is 0.0731. The van der Waals surface area contributed by atoms with Crippen LogP contribution in [0.1, 0.15) is 48.7 Å². The number of anilines is 1. The van der Waals surface area contributed by atoms with Crippen molar-refractivity contribution in [2.24, 2.45) is 0 Å². The minimum atomic E-state index is -1.98. The summed E-state index contributed by atoms with van der Waals surface area (Å²) in [6.07, 6.45) is 2.38. The lowest BCUT2D eigenvalue weighted by atomic mass is 10.1. The predicted molar refractivity (Wildman–Crippen MR) is 165 cm³/mol. The van der Waals surface area contributed by atoms with Gasteiger partial charge < -0.3 is 29.3 Å². The lowest BCUT2D eigenvalue weighted by Gasteiger charge is -2.38. The minimum absolute atomic E-state index is 0.0731. The van der Waals surface area contributed by atoms with E-state index in [9.17, 15) is 9.59 Å². The summed E-state index contributed by atoms with van der Waals surface area (Å²) in [6.45, 7) is 20.0. The number of esters is 1. The summed E-state index contributed by atoms with van der Waals surface area (Å²) in [6, 6.07) is 10.6. The van der Waals surface area contributed by atoms with E-state index in [1.54, 1.807) is 17.0 Å². The predicted octanol–water partition coefficient (Wildman–Crippen LogP) is 5.92. The molecule has 1 aliphatic rings. The van der Waals surface area contributed by atoms with E-state index in [0.29, 0.717) is 42.3 Å². The number of likely N-dealkylation sites (tertiary alicyclic amines) is 1. The molecule has 0 aliphatic carbocycles. The van der Waals surface area contributed by atoms with Gasteiger partial charge in [0.15, 0.2) is 19.8 Å². The average molecular weight is 581 g/mol. The third-order valence-corrected chi connectivity index (χ3v) is 12.2. The van der Waals surface area contributed by atoms with Crippen LogP contribution < -0.4 is 15.2 Å². The Labute approximate surface area is 245 Å². The first-order valence-corrected chi connectivity index (χ1v) is 16.7. The maximum atomic E-state index is 13.7. The molecule has 0 saturated carbocycles. The number of amides is 1. The summed E-state index contributed by atoms with van der Waals surface area (Å²) >= 11 is 0. The highest BCUT2D eigenvalue weighted by Crippen LogP contribution is 2.38. The number of ether oxygens (including phenoxy) is 3. The molecule has 222 valence electrons. The van der Waals surface area contributed by atoms with E-state index in [1.165, 1.54) is 13.2 Å². The van der Waals surface area contributed by atoms with Gasteiger partial charge >= 0.3 is 5.97 Å². The molecule has 41 heavy (non-hydrogen) atoms. The van der Waals surface area contributed by atoms with Crippen molar-refractivity contribution in [3.8, 4) is 11.5 Å². The fraction of sp³-hybridized carbons (Fsp3) is 0.438. The van der Waals surface area contributed by atoms with Crippen molar-refractivity contribution in [2.75, 3.05) is 32.6 Å². The fourth-order valence-corrected chi connectivity index (χ4v) is 5.38. The Kier molecular flexibility index (Phi) is 10.4. The van der Waals surface area contributed by atoms with Gasteiger partial charge in [-0.05, 0) is 41.7 Å². The van der Waals surface area contributed by atoms with Crippen LogP contribution in [0, 0.1) is 0 Å². The molecular formula is C32H44N2O6Si. The standard InChI is InChI=1S/C32H44N2O6Si/c1-9-13-38-30(35)16-23-11-10-12-24(15-23)20-39-29-18-27(33)26(17-28(29)37-6)31(36)34-19-22(2)14-25(34)21-40-41(7,8)32(3,4)5/h9-12,15,17-18,25H,1-2,13-14,16,19-21,33H2,3-8H3/t25-/m0/s1. The largest absolute Gasteiger partial charge is 0.493 e. The molecule has 0 unspecified atom stereocenters. The molecule has 8 nitrogen and oxygen atoms in total. The minimum Gasteiger partial charge on any atom is -0.493 e. The van der Waals surface area contributed by atoms with Gasteiger partial charge in [0, 0.05) is 18.3 Å². The van der Waals surface area contributed by atoms with E-state index in [0.717, 1.165) is 16.7 Å². The molecule has 0 spiro atoms. The van der Waals surface area contributed by atoms with Crippen LogP contribution in [0.5, 0.6) is 11.5 Å². The first-order valence-electron chi connectivity index (χ1n) is 13.8. The number of hydrogen-bond donors (Lipinski definition) is 1. The Morgan fingerprint density at radius 2 is 1.85 bits per heavy atom. The van der Waals surface area contributed by atoms with Crippen LogP contribution in [0.15, 0.2) is 61.2 Å². The average Bonchev–Trinajstić information content (AvgIpc) is 3.29. The topological polar surface area (TPSA) is 100 Å². The Hall–Kier alpha value is -3.56. The van der Waals surface area contributed by atoms with Crippen molar-refractivity contribution < 1.29 is 28.2 Å². The lowest BCUT2D eigenvalue weighted by Crippen LogP contribution is -2.46. The van der Waals surface area contributed by atoms with Gasteiger partial charge in [-0.2, -0.15) is 0 Å². The van der Waals surface area contributed by atoms with Gasteiger partial charge in [-0.3, -0.25) is 9.59 Å². The Morgan fingerprint density at radius 3 is 2.51 bits per heavy atom. The Morgan fingerprint density at radius 1 is 1.15 bits per heavy atom. The van der Waals surface area contributed by atoms with Gasteiger partial charge in [0.2, 0.25) is 0 Å². The molecule has 3 rings (SSSR count). The molecule has 2 N–H and O–H groups in total. The number of carbonyl (C=O) groups excluding carboxylic acids is 2. The van der Waals surface area contributed by atoms with Gasteiger partial charge in [0.1, 0.15) is 13.2 Å². The first-order chi connectivity index (χ1) is 19.3. The summed E-state index contributed by atoms with van der Waals surface area (Å²) in [5.41, 5.74) is 9.70. The normalized spacial score (nSPS) is 15.5. The molecule has 1 atom stereocenters. The van der Waals surface area contributed by atoms with Crippen LogP contribution in [0.2, 0.25) is 18.1 Å². The second kappa shape index (κ2) is 13.4. The Bertz CT molecular complexity index is 1280. The maximum absolute atomic E-state index is 13.7. The number of nitrogens with two attached hydrogens (primary N) is 1. The van der Waals surface area contributed by atoms with E-state index in [-0.39, 0.29) is 42.6 Å². The first kappa shape index (κ1) is 32.0. The van der Waals surface area contributed by atoms with E-state index < -0.39 is 8.32 Å². The highest BCUT2D eigenvalue weighted by Gasteiger charge is 2.40. The van der Waals surface area contributed by atoms with Crippen LogP contribution in [0.3, 0.4) is 0 Å². The lowest BCUT2D eigenvalue weighted by molar-refractivity contribution is -0.141. The number of nitrogen functional groups attached to an aromatic ring is 1. The smallest absolute Gasteiger partial charge is 0.310 e. The molecule has 1 fully saturated rings. The molecule has 1 saturated heterocycles. The number of hydrogen-bond acceptors (Lipinski definition) is 7. The molecule has 9 heteroatoms. The molecule has 0 bridgehead atoms. The number of nitrogens with zero attached hydrogens (tertiary/aromatic N) is 1. The molecule has 1 amide bonds. The molecule has 2 aromatic rings. The third-order valence-electron chi connectivity index (χ3n) is 7.73. The molecule has 0 aromatic heterocycles. The molecular weight excluding hydrogens is 536 g/mol. The van der Waals surface area contributed by atoms with E-state index in [1.807, 2.05) is 24.3 Å². The SMILES string of the molecule is C=CCOC(=O)Cc1cccc(COc2cc(N)c(C(=O)N3CC(=C)C[C@H]3CO[Si](C)(C)C(C)(C)C)cc2OC)c1. The number of carbonyl (C=O) groups is 2. The van der Waals surface area contributed by atoms with E-state index >= 15 is 0 Å². The zero-order chi connectivity index (χ0) is 30.4. The van der Waals surface area contributed by atoms with Crippen LogP contribution in [0.25, 0.3) is 0 Å². The third kappa shape index (κ3) is 8.24. The zero-order valence-electron chi connectivity index (χ0n) is 25.2. The van der Waals surface area contributed by atoms with Crippen molar-refractivity contribution in [2.45, 2.75) is 64.4 Å². The summed E-state index contributed by atoms with van der Waals surface area (Å²) in [4.78, 5) is 27.5. The van der Waals surface area contributed by atoms with Crippen LogP contribution in [0.4, 0.5) is 5.69 Å². The molecule has 1 aliphatic heterocycles. The summed E-state index contributed by atoms with van der Waals surface area (Å²) in [7, 11) is -0.458. The number of benzene rings is 2. The fourth-order valence-electron chi connectivity index (χ4n) is 4.33. The molecule has 1 heterocycles. The Balaban J connectivity index is 1.73. The van der Waals surface area contributed by atoms with Crippen molar-refractivity contribution in [1.82, 2.24) is 4.90 Å². The summed E-state index contributed by atoms with van der Waals surface area (Å²) in [5.74, 6) is 0.304.